The Bertz CT molecular complexity index is 1000. The lowest BCUT2D eigenvalue weighted by molar-refractivity contribution is -0.137. The zero-order valence-electron chi connectivity index (χ0n) is 17.3. The van der Waals surface area contributed by atoms with E-state index >= 15 is 0 Å². The Morgan fingerprint density at radius 3 is 2.42 bits per heavy atom. The quantitative estimate of drug-likeness (QED) is 0.731. The van der Waals surface area contributed by atoms with Crippen molar-refractivity contribution in [3.05, 3.63) is 59.1 Å². The highest BCUT2D eigenvalue weighted by Gasteiger charge is 2.38. The molecule has 2 aliphatic rings. The average molecular weight is 442 g/mol. The van der Waals surface area contributed by atoms with E-state index in [2.05, 4.69) is 0 Å². The molecule has 2 saturated heterocycles. The van der Waals surface area contributed by atoms with Gasteiger partial charge in [0, 0.05) is 61.5 Å². The zero-order chi connectivity index (χ0) is 22.0. The number of hydrogen-bond donors (Lipinski definition) is 0. The highest BCUT2D eigenvalue weighted by molar-refractivity contribution is 6.30. The normalized spacial score (nSPS) is 19.0. The van der Waals surface area contributed by atoms with Crippen molar-refractivity contribution in [2.75, 3.05) is 44.7 Å². The number of amides is 3. The van der Waals surface area contributed by atoms with Gasteiger partial charge in [0.05, 0.1) is 13.0 Å². The molecule has 1 unspecified atom stereocenters. The van der Waals surface area contributed by atoms with Crippen LogP contribution in [-0.4, -0.2) is 67.4 Å². The number of methoxy groups -OCH3 is 1. The van der Waals surface area contributed by atoms with Gasteiger partial charge in [0.15, 0.2) is 0 Å². The molecule has 0 radical (unpaired) electrons. The predicted octanol–water partition coefficient (Wildman–Crippen LogP) is 2.69. The van der Waals surface area contributed by atoms with Crippen LogP contribution < -0.4 is 9.64 Å². The van der Waals surface area contributed by atoms with E-state index in [0.29, 0.717) is 49.1 Å². The predicted molar refractivity (Wildman–Crippen MR) is 117 cm³/mol. The molecule has 1 atom stereocenters. The van der Waals surface area contributed by atoms with Crippen molar-refractivity contribution in [2.45, 2.75) is 6.42 Å². The van der Waals surface area contributed by atoms with E-state index in [1.54, 1.807) is 52.1 Å². The van der Waals surface area contributed by atoms with Crippen molar-refractivity contribution in [3.8, 4) is 5.75 Å². The summed E-state index contributed by atoms with van der Waals surface area (Å²) in [5, 5.41) is 0.520. The van der Waals surface area contributed by atoms with E-state index in [1.165, 1.54) is 0 Å². The largest absolute Gasteiger partial charge is 0.497 e. The second-order valence-electron chi connectivity index (χ2n) is 7.73. The molecule has 0 aliphatic carbocycles. The monoisotopic (exact) mass is 441 g/mol. The number of ether oxygens (including phenoxy) is 1. The molecule has 2 aliphatic heterocycles. The number of benzene rings is 2. The molecule has 0 saturated carbocycles. The minimum Gasteiger partial charge on any atom is -0.497 e. The molecule has 0 spiro atoms. The maximum absolute atomic E-state index is 13.0. The summed E-state index contributed by atoms with van der Waals surface area (Å²) in [6, 6.07) is 14.1. The second-order valence-corrected chi connectivity index (χ2v) is 8.17. The Labute approximate surface area is 186 Å². The van der Waals surface area contributed by atoms with Crippen LogP contribution >= 0.6 is 11.6 Å². The highest BCUT2D eigenvalue weighted by atomic mass is 35.5. The third-order valence-corrected chi connectivity index (χ3v) is 6.02. The fourth-order valence-corrected chi connectivity index (χ4v) is 4.28. The molecule has 31 heavy (non-hydrogen) atoms. The van der Waals surface area contributed by atoms with Gasteiger partial charge in [0.1, 0.15) is 5.75 Å². The van der Waals surface area contributed by atoms with Crippen molar-refractivity contribution in [1.29, 1.82) is 0 Å². The first kappa shape index (κ1) is 21.2. The maximum atomic E-state index is 13.0. The second kappa shape index (κ2) is 8.98. The van der Waals surface area contributed by atoms with Crippen molar-refractivity contribution < 1.29 is 19.1 Å². The van der Waals surface area contributed by atoms with Crippen molar-refractivity contribution in [1.82, 2.24) is 9.80 Å². The lowest BCUT2D eigenvalue weighted by Crippen LogP contribution is -2.52. The van der Waals surface area contributed by atoms with Crippen LogP contribution in [0.4, 0.5) is 5.69 Å². The summed E-state index contributed by atoms with van der Waals surface area (Å²) in [7, 11) is 1.58. The van der Waals surface area contributed by atoms with Crippen LogP contribution in [0.3, 0.4) is 0 Å². The van der Waals surface area contributed by atoms with Crippen LogP contribution in [0.1, 0.15) is 16.8 Å². The molecule has 3 amide bonds. The Kier molecular flexibility index (Phi) is 6.13. The lowest BCUT2D eigenvalue weighted by atomic mass is 10.1. The molecular formula is C23H24ClN3O4. The number of halogens is 1. The third-order valence-electron chi connectivity index (χ3n) is 5.79. The first-order chi connectivity index (χ1) is 15.0. The number of nitrogens with zero attached hydrogens (tertiary/aromatic N) is 3. The van der Waals surface area contributed by atoms with Gasteiger partial charge in [0.25, 0.3) is 5.91 Å². The van der Waals surface area contributed by atoms with E-state index in [4.69, 9.17) is 16.3 Å². The van der Waals surface area contributed by atoms with Gasteiger partial charge >= 0.3 is 0 Å². The van der Waals surface area contributed by atoms with E-state index in [1.807, 2.05) is 18.2 Å². The number of rotatable bonds is 4. The highest BCUT2D eigenvalue weighted by Crippen LogP contribution is 2.29. The molecule has 0 bridgehead atoms. The van der Waals surface area contributed by atoms with E-state index in [9.17, 15) is 14.4 Å². The van der Waals surface area contributed by atoms with Crippen LogP contribution in [-0.2, 0) is 9.59 Å². The summed E-state index contributed by atoms with van der Waals surface area (Å²) >= 11 is 5.99. The van der Waals surface area contributed by atoms with Crippen molar-refractivity contribution in [2.24, 2.45) is 5.92 Å². The fourth-order valence-electron chi connectivity index (χ4n) is 4.09. The minimum absolute atomic E-state index is 0.0337. The third kappa shape index (κ3) is 4.51. The van der Waals surface area contributed by atoms with E-state index in [-0.39, 0.29) is 30.1 Å². The number of carbonyl (C=O) groups excluding carboxylic acids is 3. The average Bonchev–Trinajstić information content (AvgIpc) is 3.20. The van der Waals surface area contributed by atoms with Gasteiger partial charge in [-0.2, -0.15) is 0 Å². The van der Waals surface area contributed by atoms with Gasteiger partial charge < -0.3 is 19.4 Å². The van der Waals surface area contributed by atoms with Gasteiger partial charge in [-0.3, -0.25) is 14.4 Å². The van der Waals surface area contributed by atoms with Gasteiger partial charge in [-0.25, -0.2) is 0 Å². The standard InChI is InChI=1S/C23H24ClN3O4/c1-31-20-7-3-6-19(14-20)27-15-17(13-21(27)28)23(30)26-10-8-25(9-11-26)22(29)16-4-2-5-18(24)12-16/h2-7,12,14,17H,8-11,13,15H2,1H3. The van der Waals surface area contributed by atoms with Crippen LogP contribution in [0.15, 0.2) is 48.5 Å². The van der Waals surface area contributed by atoms with Crippen molar-refractivity contribution in [3.63, 3.8) is 0 Å². The molecule has 2 heterocycles. The summed E-state index contributed by atoms with van der Waals surface area (Å²) in [5.74, 6) is 0.0965. The molecule has 2 aromatic carbocycles. The molecule has 2 fully saturated rings. The fraction of sp³-hybridized carbons (Fsp3) is 0.348. The Hall–Kier alpha value is -3.06. The topological polar surface area (TPSA) is 70.2 Å². The summed E-state index contributed by atoms with van der Waals surface area (Å²) in [6.07, 6.45) is 0.192. The van der Waals surface area contributed by atoms with Gasteiger partial charge in [0.2, 0.25) is 11.8 Å². The number of anilines is 1. The Morgan fingerprint density at radius 2 is 1.71 bits per heavy atom. The summed E-state index contributed by atoms with van der Waals surface area (Å²) in [4.78, 5) is 43.4. The summed E-state index contributed by atoms with van der Waals surface area (Å²) in [5.41, 5.74) is 1.28. The lowest BCUT2D eigenvalue weighted by Gasteiger charge is -2.36. The summed E-state index contributed by atoms with van der Waals surface area (Å²) < 4.78 is 5.23. The van der Waals surface area contributed by atoms with E-state index in [0.717, 1.165) is 5.69 Å². The van der Waals surface area contributed by atoms with Gasteiger partial charge in [-0.05, 0) is 30.3 Å². The number of carbonyl (C=O) groups is 3. The van der Waals surface area contributed by atoms with E-state index < -0.39 is 0 Å². The molecular weight excluding hydrogens is 418 g/mol. The first-order valence-electron chi connectivity index (χ1n) is 10.2. The van der Waals surface area contributed by atoms with Crippen LogP contribution in [0.25, 0.3) is 0 Å². The molecule has 0 N–H and O–H groups in total. The van der Waals surface area contributed by atoms with Crippen LogP contribution in [0.2, 0.25) is 5.02 Å². The molecule has 7 nitrogen and oxygen atoms in total. The summed E-state index contributed by atoms with van der Waals surface area (Å²) in [6.45, 7) is 2.17. The molecule has 2 aromatic rings. The van der Waals surface area contributed by atoms with Crippen LogP contribution in [0.5, 0.6) is 5.75 Å². The zero-order valence-corrected chi connectivity index (χ0v) is 18.0. The smallest absolute Gasteiger partial charge is 0.254 e. The molecule has 0 aromatic heterocycles. The van der Waals surface area contributed by atoms with Gasteiger partial charge in [-0.15, -0.1) is 0 Å². The minimum atomic E-state index is -0.381. The van der Waals surface area contributed by atoms with Crippen LogP contribution in [0, 0.1) is 5.92 Å². The molecule has 8 heteroatoms. The SMILES string of the molecule is COc1cccc(N2CC(C(=O)N3CCN(C(=O)c4cccc(Cl)c4)CC3)CC2=O)c1. The maximum Gasteiger partial charge on any atom is 0.254 e. The van der Waals surface area contributed by atoms with Gasteiger partial charge in [-0.1, -0.05) is 23.7 Å². The van der Waals surface area contributed by atoms with Crippen molar-refractivity contribution >= 4 is 35.0 Å². The first-order valence-corrected chi connectivity index (χ1v) is 10.6. The number of piperazine rings is 1. The Morgan fingerprint density at radius 1 is 1.00 bits per heavy atom. The Balaban J connectivity index is 1.35. The molecule has 162 valence electrons. The number of hydrogen-bond acceptors (Lipinski definition) is 4. The molecule has 4 rings (SSSR count).